The Bertz CT molecular complexity index is 1280. The molecule has 186 valence electrons. The van der Waals surface area contributed by atoms with Crippen molar-refractivity contribution in [3.05, 3.63) is 53.6 Å². The first-order valence-corrected chi connectivity index (χ1v) is 13.6. The molecule has 9 rings (SSSR count). The van der Waals surface area contributed by atoms with E-state index in [9.17, 15) is 9.90 Å². The highest BCUT2D eigenvalue weighted by Gasteiger charge is 2.74. The van der Waals surface area contributed by atoms with Crippen molar-refractivity contribution < 1.29 is 14.6 Å². The number of phenols is 1. The first-order valence-electron chi connectivity index (χ1n) is 13.6. The third-order valence-corrected chi connectivity index (χ3v) is 10.4. The monoisotopic (exact) mass is 484 g/mol. The molecule has 1 aromatic heterocycles. The first kappa shape index (κ1) is 21.2. The fourth-order valence-corrected chi connectivity index (χ4v) is 8.90. The Morgan fingerprint density at radius 2 is 2.00 bits per heavy atom. The van der Waals surface area contributed by atoms with Crippen molar-refractivity contribution in [1.82, 2.24) is 19.8 Å². The van der Waals surface area contributed by atoms with Gasteiger partial charge in [-0.1, -0.05) is 6.07 Å². The predicted octanol–water partition coefficient (Wildman–Crippen LogP) is 3.32. The smallest absolute Gasteiger partial charge is 0.247 e. The molecule has 3 aliphatic carbocycles. The number of aromatic hydroxyl groups is 1. The van der Waals surface area contributed by atoms with Crippen LogP contribution in [-0.2, 0) is 16.6 Å². The molecule has 3 saturated heterocycles. The van der Waals surface area contributed by atoms with E-state index in [1.54, 1.807) is 30.6 Å². The highest BCUT2D eigenvalue weighted by molar-refractivity contribution is 5.91. The predicted molar refractivity (Wildman–Crippen MR) is 133 cm³/mol. The number of benzene rings is 1. The third kappa shape index (κ3) is 2.64. The molecule has 7 aliphatic rings. The summed E-state index contributed by atoms with van der Waals surface area (Å²) in [5, 5.41) is 10.9. The molecule has 4 bridgehead atoms. The van der Waals surface area contributed by atoms with Crippen molar-refractivity contribution in [3.63, 3.8) is 0 Å². The van der Waals surface area contributed by atoms with E-state index in [-0.39, 0.29) is 34.6 Å². The molecule has 5 heterocycles. The summed E-state index contributed by atoms with van der Waals surface area (Å²) in [6.07, 6.45) is 14.5. The van der Waals surface area contributed by atoms with Gasteiger partial charge in [0.15, 0.2) is 17.3 Å². The van der Waals surface area contributed by atoms with Crippen LogP contribution in [0.5, 0.6) is 11.5 Å². The van der Waals surface area contributed by atoms with Gasteiger partial charge in [-0.25, -0.2) is 9.97 Å². The highest BCUT2D eigenvalue weighted by Crippen LogP contribution is 2.71. The van der Waals surface area contributed by atoms with Crippen LogP contribution in [-0.4, -0.2) is 68.6 Å². The van der Waals surface area contributed by atoms with Crippen molar-refractivity contribution >= 4 is 12.0 Å². The minimum absolute atomic E-state index is 0.00264. The Kier molecular flexibility index (Phi) is 4.30. The molecule has 1 N–H and O–H groups in total. The number of phenolic OH excluding ortho intramolecular Hbond substituents is 1. The van der Waals surface area contributed by atoms with Crippen LogP contribution in [0.4, 0.5) is 0 Å². The maximum absolute atomic E-state index is 13.6. The highest BCUT2D eigenvalue weighted by atomic mass is 16.5. The number of hydrogen-bond donors (Lipinski definition) is 1. The van der Waals surface area contributed by atoms with Crippen molar-refractivity contribution in [3.8, 4) is 11.5 Å². The second-order valence-electron chi connectivity index (χ2n) is 11.9. The average Bonchev–Trinajstić information content (AvgIpc) is 3.69. The number of hydrogen-bond acceptors (Lipinski definition) is 6. The van der Waals surface area contributed by atoms with Gasteiger partial charge in [-0.15, -0.1) is 0 Å². The summed E-state index contributed by atoms with van der Waals surface area (Å²) in [4.78, 5) is 27.0. The number of nitrogens with zero attached hydrogens (tertiary/aromatic N) is 4. The van der Waals surface area contributed by atoms with Gasteiger partial charge >= 0.3 is 0 Å². The molecule has 2 saturated carbocycles. The number of likely N-dealkylation sites (tertiary alicyclic amines) is 1. The standard InChI is InChI=1S/C29H32N4O3/c34-21-5-4-19-16-22-28-9-8-20(33(15-10-28)24(35)7-6-23-30-12-1-13-31-23)27-29(28,25(19)26(21)36-27)11-14-32(22)17-18-2-3-18/h1,4-7,12-13,18,20,22,27,34H,2-3,8-11,14-17H2/b7-6+/t20-,22-,27+,28-,29+/m1/s1. The van der Waals surface area contributed by atoms with Crippen LogP contribution >= 0.6 is 0 Å². The van der Waals surface area contributed by atoms with Crippen molar-refractivity contribution in [2.45, 2.75) is 68.5 Å². The molecule has 0 radical (unpaired) electrons. The van der Waals surface area contributed by atoms with Gasteiger partial charge < -0.3 is 14.7 Å². The maximum atomic E-state index is 13.6. The van der Waals surface area contributed by atoms with E-state index in [0.29, 0.717) is 17.6 Å². The SMILES string of the molecule is O=C(/C=C/c1ncccn1)N1CC[C@@]23CC[C@@H]1[C@@H]1Oc4c(O)ccc5c4[C@@]12CCN(CC1CC1)[C@@H]3C5. The number of carbonyl (C=O) groups is 1. The molecular weight excluding hydrogens is 452 g/mol. The summed E-state index contributed by atoms with van der Waals surface area (Å²) in [6.45, 7) is 3.05. The van der Waals surface area contributed by atoms with Crippen LogP contribution in [0.1, 0.15) is 55.5 Å². The van der Waals surface area contributed by atoms with Crippen molar-refractivity contribution in [2.75, 3.05) is 19.6 Å². The normalized spacial score (nSPS) is 36.0. The van der Waals surface area contributed by atoms with Gasteiger partial charge in [-0.3, -0.25) is 9.69 Å². The molecule has 7 nitrogen and oxygen atoms in total. The van der Waals surface area contributed by atoms with Crippen LogP contribution in [0.15, 0.2) is 36.7 Å². The summed E-state index contributed by atoms with van der Waals surface area (Å²) in [5.74, 6) is 2.36. The van der Waals surface area contributed by atoms with Gasteiger partial charge in [-0.2, -0.15) is 0 Å². The van der Waals surface area contributed by atoms with Gasteiger partial charge in [0.1, 0.15) is 6.10 Å². The summed E-state index contributed by atoms with van der Waals surface area (Å²) >= 11 is 0. The van der Waals surface area contributed by atoms with Crippen LogP contribution in [0.25, 0.3) is 6.08 Å². The van der Waals surface area contributed by atoms with Gasteiger partial charge in [0.05, 0.1) is 6.04 Å². The van der Waals surface area contributed by atoms with E-state index < -0.39 is 0 Å². The lowest BCUT2D eigenvalue weighted by Crippen LogP contribution is -2.72. The second kappa shape index (κ2) is 7.31. The fraction of sp³-hybridized carbons (Fsp3) is 0.552. The summed E-state index contributed by atoms with van der Waals surface area (Å²) in [5.41, 5.74) is 2.59. The second-order valence-corrected chi connectivity index (χ2v) is 11.9. The largest absolute Gasteiger partial charge is 0.504 e. The minimum Gasteiger partial charge on any atom is -0.504 e. The third-order valence-electron chi connectivity index (χ3n) is 10.4. The van der Waals surface area contributed by atoms with Gasteiger partial charge in [-0.05, 0) is 81.2 Å². The Hall–Kier alpha value is -2.93. The molecule has 0 unspecified atom stereocenters. The molecule has 2 spiro atoms. The van der Waals surface area contributed by atoms with Gasteiger partial charge in [0, 0.05) is 54.0 Å². The zero-order chi connectivity index (χ0) is 24.1. The lowest BCUT2D eigenvalue weighted by atomic mass is 9.42. The summed E-state index contributed by atoms with van der Waals surface area (Å²) in [6, 6.07) is 6.22. The first-order chi connectivity index (χ1) is 17.6. The summed E-state index contributed by atoms with van der Waals surface area (Å²) in [7, 11) is 0. The Balaban J connectivity index is 1.23. The zero-order valence-corrected chi connectivity index (χ0v) is 20.5. The van der Waals surface area contributed by atoms with E-state index >= 15 is 0 Å². The number of piperidine rings is 1. The molecule has 5 atom stereocenters. The molecular formula is C29H32N4O3. The van der Waals surface area contributed by atoms with Crippen LogP contribution in [0.3, 0.4) is 0 Å². The molecule has 1 aromatic carbocycles. The van der Waals surface area contributed by atoms with E-state index in [0.717, 1.165) is 51.1 Å². The molecule has 2 aromatic rings. The van der Waals surface area contributed by atoms with Crippen LogP contribution in [0, 0.1) is 11.3 Å². The molecule has 5 fully saturated rings. The number of carbonyl (C=O) groups excluding carboxylic acids is 1. The number of fused-ring (bicyclic) bond motifs is 3. The number of ether oxygens (including phenoxy) is 1. The number of aromatic nitrogens is 2. The molecule has 4 aliphatic heterocycles. The minimum atomic E-state index is -0.121. The summed E-state index contributed by atoms with van der Waals surface area (Å²) < 4.78 is 6.78. The van der Waals surface area contributed by atoms with Crippen LogP contribution in [0.2, 0.25) is 0 Å². The van der Waals surface area contributed by atoms with E-state index in [4.69, 9.17) is 4.74 Å². The Labute approximate surface area is 211 Å². The Morgan fingerprint density at radius 1 is 1.14 bits per heavy atom. The van der Waals surface area contributed by atoms with Gasteiger partial charge in [0.25, 0.3) is 0 Å². The van der Waals surface area contributed by atoms with E-state index in [1.165, 1.54) is 30.5 Å². The molecule has 36 heavy (non-hydrogen) atoms. The van der Waals surface area contributed by atoms with E-state index in [1.807, 2.05) is 6.07 Å². The average molecular weight is 485 g/mol. The van der Waals surface area contributed by atoms with Gasteiger partial charge in [0.2, 0.25) is 5.91 Å². The van der Waals surface area contributed by atoms with Crippen molar-refractivity contribution in [1.29, 1.82) is 0 Å². The number of amides is 1. The van der Waals surface area contributed by atoms with Crippen molar-refractivity contribution in [2.24, 2.45) is 11.3 Å². The van der Waals surface area contributed by atoms with E-state index in [2.05, 4.69) is 25.8 Å². The fourth-order valence-electron chi connectivity index (χ4n) is 8.90. The Morgan fingerprint density at radius 3 is 2.83 bits per heavy atom. The number of rotatable bonds is 4. The molecule has 1 amide bonds. The topological polar surface area (TPSA) is 78.8 Å². The lowest BCUT2D eigenvalue weighted by molar-refractivity contribution is -0.140. The lowest BCUT2D eigenvalue weighted by Gasteiger charge is -2.66. The molecule has 7 heteroatoms. The van der Waals surface area contributed by atoms with Crippen LogP contribution < -0.4 is 4.74 Å². The maximum Gasteiger partial charge on any atom is 0.247 e. The quantitative estimate of drug-likeness (QED) is 0.671. The zero-order valence-electron chi connectivity index (χ0n) is 20.5.